The van der Waals surface area contributed by atoms with E-state index < -0.39 is 5.97 Å². The van der Waals surface area contributed by atoms with Gasteiger partial charge in [-0.3, -0.25) is 0 Å². The van der Waals surface area contributed by atoms with Gasteiger partial charge in [0.25, 0.3) is 0 Å². The Labute approximate surface area is 191 Å². The summed E-state index contributed by atoms with van der Waals surface area (Å²) in [6.07, 6.45) is 22.4. The van der Waals surface area contributed by atoms with Crippen molar-refractivity contribution in [2.75, 3.05) is 0 Å². The number of rotatable bonds is 18. The first-order valence-electron chi connectivity index (χ1n) is 11.8. The Morgan fingerprint density at radius 1 is 0.793 bits per heavy atom. The molecule has 0 saturated heterocycles. The normalized spacial score (nSPS) is 11.1. The van der Waals surface area contributed by atoms with Gasteiger partial charge in [0.05, 0.1) is 10.6 Å². The number of carboxylic acids is 1. The summed E-state index contributed by atoms with van der Waals surface area (Å²) in [6, 6.07) is 3.35. The largest absolute Gasteiger partial charge is 0.478 e. The molecule has 0 radical (unpaired) electrons. The van der Waals surface area contributed by atoms with Crippen LogP contribution in [0.25, 0.3) is 0 Å². The van der Waals surface area contributed by atoms with Gasteiger partial charge in [-0.15, -0.1) is 0 Å². The maximum Gasteiger partial charge on any atom is 0.337 e. The van der Waals surface area contributed by atoms with Crippen LogP contribution in [-0.4, -0.2) is 11.1 Å². The molecule has 0 unspecified atom stereocenters. The standard InChI is InChI=1S/C25H40BrClO2/c1-2-3-4-5-6-7-8-9-10-11-12-13-14-15-16-17-18-21-23(26)20-19-22(24(21)27)25(28)29/h19-20H,2-18H2,1H3,(H,28,29). The van der Waals surface area contributed by atoms with E-state index in [0.717, 1.165) is 22.9 Å². The molecule has 0 saturated carbocycles. The van der Waals surface area contributed by atoms with Crippen LogP contribution in [0.4, 0.5) is 0 Å². The van der Waals surface area contributed by atoms with E-state index in [1.54, 1.807) is 12.1 Å². The van der Waals surface area contributed by atoms with Gasteiger partial charge in [-0.2, -0.15) is 0 Å². The van der Waals surface area contributed by atoms with Gasteiger partial charge in [-0.1, -0.05) is 131 Å². The minimum atomic E-state index is -0.962. The first-order valence-corrected chi connectivity index (χ1v) is 12.9. The molecule has 1 rings (SSSR count). The number of benzene rings is 1. The molecule has 0 aliphatic heterocycles. The highest BCUT2D eigenvalue weighted by atomic mass is 79.9. The molecule has 4 heteroatoms. The number of carboxylic acid groups (broad SMARTS) is 1. The third-order valence-corrected chi connectivity index (χ3v) is 6.87. The Morgan fingerprint density at radius 2 is 1.21 bits per heavy atom. The van der Waals surface area contributed by atoms with Crippen molar-refractivity contribution in [2.45, 2.75) is 116 Å². The van der Waals surface area contributed by atoms with Crippen LogP contribution in [0.1, 0.15) is 126 Å². The number of unbranched alkanes of at least 4 members (excludes halogenated alkanes) is 15. The summed E-state index contributed by atoms with van der Waals surface area (Å²) in [5.74, 6) is -0.962. The van der Waals surface area contributed by atoms with Gasteiger partial charge < -0.3 is 5.11 Å². The lowest BCUT2D eigenvalue weighted by Crippen LogP contribution is -2.01. The summed E-state index contributed by atoms with van der Waals surface area (Å²) in [6.45, 7) is 2.28. The van der Waals surface area contributed by atoms with Crippen LogP contribution in [0.2, 0.25) is 5.02 Å². The fraction of sp³-hybridized carbons (Fsp3) is 0.720. The van der Waals surface area contributed by atoms with E-state index in [1.807, 2.05) is 0 Å². The molecule has 0 aromatic heterocycles. The van der Waals surface area contributed by atoms with Crippen LogP contribution in [0.5, 0.6) is 0 Å². The van der Waals surface area contributed by atoms with Crippen molar-refractivity contribution in [1.29, 1.82) is 0 Å². The van der Waals surface area contributed by atoms with Crippen molar-refractivity contribution >= 4 is 33.5 Å². The van der Waals surface area contributed by atoms with Gasteiger partial charge in [0, 0.05) is 4.47 Å². The summed E-state index contributed by atoms with van der Waals surface area (Å²) in [5, 5.41) is 9.58. The Hall–Kier alpha value is -0.540. The number of hydrogen-bond donors (Lipinski definition) is 1. The second-order valence-electron chi connectivity index (χ2n) is 8.25. The molecule has 0 atom stereocenters. The van der Waals surface area contributed by atoms with Crippen molar-refractivity contribution < 1.29 is 9.90 Å². The molecule has 29 heavy (non-hydrogen) atoms. The molecule has 2 nitrogen and oxygen atoms in total. The lowest BCUT2D eigenvalue weighted by Gasteiger charge is -2.09. The average Bonchev–Trinajstić information content (AvgIpc) is 2.69. The molecule has 0 amide bonds. The SMILES string of the molecule is CCCCCCCCCCCCCCCCCCc1c(Br)ccc(C(=O)O)c1Cl. The third kappa shape index (κ3) is 12.0. The predicted octanol–water partition coefficient (Wildman–Crippen LogP) is 9.60. The zero-order valence-electron chi connectivity index (χ0n) is 18.3. The van der Waals surface area contributed by atoms with Crippen LogP contribution < -0.4 is 0 Å². The number of halogens is 2. The van der Waals surface area contributed by atoms with Crippen LogP contribution in [0, 0.1) is 0 Å². The van der Waals surface area contributed by atoms with E-state index in [0.29, 0.717) is 5.02 Å². The van der Waals surface area contributed by atoms with Gasteiger partial charge in [0.15, 0.2) is 0 Å². The van der Waals surface area contributed by atoms with E-state index in [2.05, 4.69) is 22.9 Å². The molecule has 1 aromatic carbocycles. The monoisotopic (exact) mass is 486 g/mol. The highest BCUT2D eigenvalue weighted by molar-refractivity contribution is 9.10. The van der Waals surface area contributed by atoms with E-state index in [-0.39, 0.29) is 5.56 Å². The predicted molar refractivity (Wildman–Crippen MR) is 129 cm³/mol. The van der Waals surface area contributed by atoms with E-state index in [9.17, 15) is 9.90 Å². The van der Waals surface area contributed by atoms with Gasteiger partial charge in [-0.25, -0.2) is 4.79 Å². The van der Waals surface area contributed by atoms with Crippen LogP contribution in [-0.2, 0) is 6.42 Å². The van der Waals surface area contributed by atoms with Crippen LogP contribution >= 0.6 is 27.5 Å². The van der Waals surface area contributed by atoms with Gasteiger partial charge in [0.2, 0.25) is 0 Å². The highest BCUT2D eigenvalue weighted by Gasteiger charge is 2.14. The molecule has 1 aromatic rings. The first-order chi connectivity index (χ1) is 14.1. The summed E-state index contributed by atoms with van der Waals surface area (Å²) >= 11 is 9.77. The average molecular weight is 488 g/mol. The molecule has 0 aliphatic rings. The van der Waals surface area contributed by atoms with Crippen LogP contribution in [0.3, 0.4) is 0 Å². The number of hydrogen-bond acceptors (Lipinski definition) is 1. The maximum absolute atomic E-state index is 11.2. The van der Waals surface area contributed by atoms with Crippen molar-refractivity contribution in [1.82, 2.24) is 0 Å². The molecular weight excluding hydrogens is 448 g/mol. The molecule has 0 aliphatic carbocycles. The zero-order valence-corrected chi connectivity index (χ0v) is 20.6. The summed E-state index contributed by atoms with van der Waals surface area (Å²) in [7, 11) is 0. The smallest absolute Gasteiger partial charge is 0.337 e. The van der Waals surface area contributed by atoms with Crippen molar-refractivity contribution in [3.05, 3.63) is 32.8 Å². The molecular formula is C25H40BrClO2. The summed E-state index contributed by atoms with van der Waals surface area (Å²) in [5.41, 5.74) is 1.12. The van der Waals surface area contributed by atoms with Crippen molar-refractivity contribution in [3.63, 3.8) is 0 Å². The topological polar surface area (TPSA) is 37.3 Å². The summed E-state index contributed by atoms with van der Waals surface area (Å²) in [4.78, 5) is 11.2. The fourth-order valence-electron chi connectivity index (χ4n) is 3.84. The van der Waals surface area contributed by atoms with Gasteiger partial charge in [0.1, 0.15) is 0 Å². The Morgan fingerprint density at radius 3 is 1.62 bits per heavy atom. The molecule has 0 spiro atoms. The van der Waals surface area contributed by atoms with Gasteiger partial charge >= 0.3 is 5.97 Å². The van der Waals surface area contributed by atoms with Crippen molar-refractivity contribution in [2.24, 2.45) is 0 Å². The minimum absolute atomic E-state index is 0.196. The molecule has 1 N–H and O–H groups in total. The van der Waals surface area contributed by atoms with E-state index >= 15 is 0 Å². The highest BCUT2D eigenvalue weighted by Crippen LogP contribution is 2.30. The molecule has 166 valence electrons. The number of aromatic carboxylic acids is 1. The lowest BCUT2D eigenvalue weighted by atomic mass is 10.0. The fourth-order valence-corrected chi connectivity index (χ4v) is 4.82. The number of carbonyl (C=O) groups is 1. The molecule has 0 bridgehead atoms. The zero-order chi connectivity index (χ0) is 21.3. The molecule has 0 heterocycles. The van der Waals surface area contributed by atoms with Gasteiger partial charge in [-0.05, 0) is 30.5 Å². The second-order valence-corrected chi connectivity index (χ2v) is 9.48. The minimum Gasteiger partial charge on any atom is -0.478 e. The van der Waals surface area contributed by atoms with Crippen molar-refractivity contribution in [3.8, 4) is 0 Å². The van der Waals surface area contributed by atoms with Crippen LogP contribution in [0.15, 0.2) is 16.6 Å². The maximum atomic E-state index is 11.2. The summed E-state index contributed by atoms with van der Waals surface area (Å²) < 4.78 is 0.911. The van der Waals surface area contributed by atoms with E-state index in [1.165, 1.54) is 96.3 Å². The second kappa shape index (κ2) is 17.2. The quantitative estimate of drug-likeness (QED) is 0.209. The van der Waals surface area contributed by atoms with E-state index in [4.69, 9.17) is 11.6 Å². The first kappa shape index (κ1) is 26.5. The Balaban J connectivity index is 1.97. The lowest BCUT2D eigenvalue weighted by molar-refractivity contribution is 0.0697. The Kier molecular flexibility index (Phi) is 15.7. The molecule has 0 fully saturated rings. The Bertz CT molecular complexity index is 574. The third-order valence-electron chi connectivity index (χ3n) is 5.70.